The van der Waals surface area contributed by atoms with Gasteiger partial charge in [0, 0.05) is 11.8 Å². The highest BCUT2D eigenvalue weighted by molar-refractivity contribution is 5.82. The lowest BCUT2D eigenvalue weighted by atomic mass is 10.2. The molecule has 0 fully saturated rings. The molecule has 0 saturated carbocycles. The van der Waals surface area contributed by atoms with Crippen molar-refractivity contribution in [3.05, 3.63) is 53.6 Å². The number of nitrogens with zero attached hydrogens (tertiary/aromatic N) is 2. The first-order valence-corrected chi connectivity index (χ1v) is 5.62. The van der Waals surface area contributed by atoms with Crippen LogP contribution in [0.2, 0.25) is 0 Å². The molecule has 5 nitrogen and oxygen atoms in total. The molecule has 1 aromatic carbocycles. The van der Waals surface area contributed by atoms with Gasteiger partial charge in [-0.2, -0.15) is 9.37 Å². The number of aromatic nitrogens is 2. The van der Waals surface area contributed by atoms with Crippen LogP contribution in [0.4, 0.5) is 15.1 Å². The molecule has 0 unspecified atom stereocenters. The highest BCUT2D eigenvalue weighted by atomic mass is 19.1. The molecule has 2 rings (SSSR count). The summed E-state index contributed by atoms with van der Waals surface area (Å²) in [5.41, 5.74) is 1.28. The second-order valence-electron chi connectivity index (χ2n) is 3.84. The molecule has 98 valence electrons. The van der Waals surface area contributed by atoms with Crippen LogP contribution in [0.1, 0.15) is 11.3 Å². The minimum Gasteiger partial charge on any atom is -0.444 e. The maximum Gasteiger partial charge on any atom is 0.414 e. The van der Waals surface area contributed by atoms with Crippen LogP contribution in [0.25, 0.3) is 0 Å². The lowest BCUT2D eigenvalue weighted by Gasteiger charge is -2.06. The van der Waals surface area contributed by atoms with Crippen LogP contribution in [0, 0.1) is 12.9 Å². The molecule has 2 aromatic rings. The predicted molar refractivity (Wildman–Crippen MR) is 67.0 cm³/mol. The number of ether oxygens (including phenoxy) is 1. The molecule has 0 aliphatic rings. The second kappa shape index (κ2) is 5.90. The minimum atomic E-state index is -0.728. The van der Waals surface area contributed by atoms with Crippen LogP contribution in [-0.4, -0.2) is 16.1 Å². The number of aryl methyl sites for hydroxylation is 1. The average molecular weight is 261 g/mol. The van der Waals surface area contributed by atoms with Crippen molar-refractivity contribution in [3.8, 4) is 0 Å². The Labute approximate surface area is 109 Å². The van der Waals surface area contributed by atoms with Crippen LogP contribution in [-0.2, 0) is 11.3 Å². The summed E-state index contributed by atoms with van der Waals surface area (Å²) in [5.74, 6) is -0.818. The van der Waals surface area contributed by atoms with Gasteiger partial charge in [0.1, 0.15) is 6.61 Å². The van der Waals surface area contributed by atoms with E-state index in [1.54, 1.807) is 6.92 Å². The lowest BCUT2D eigenvalue weighted by Crippen LogP contribution is -2.16. The molecule has 0 spiro atoms. The number of carbonyl (C=O) groups is 1. The molecular formula is C13H12FN3O2. The van der Waals surface area contributed by atoms with Crippen molar-refractivity contribution in [2.75, 3.05) is 5.32 Å². The Kier molecular flexibility index (Phi) is 4.02. The SMILES string of the molecule is Cc1cc(F)nc(NC(=O)OCc2ccccc2)n1. The number of carbonyl (C=O) groups excluding carboxylic acids is 1. The largest absolute Gasteiger partial charge is 0.444 e. The third-order valence-electron chi connectivity index (χ3n) is 2.25. The molecule has 0 atom stereocenters. The van der Waals surface area contributed by atoms with Gasteiger partial charge in [-0.1, -0.05) is 30.3 Å². The van der Waals surface area contributed by atoms with Crippen molar-refractivity contribution in [1.29, 1.82) is 0 Å². The van der Waals surface area contributed by atoms with Gasteiger partial charge in [-0.3, -0.25) is 5.32 Å². The summed E-state index contributed by atoms with van der Waals surface area (Å²) in [4.78, 5) is 18.8. The maximum absolute atomic E-state index is 13.0. The number of benzene rings is 1. The normalized spacial score (nSPS) is 10.0. The van der Waals surface area contributed by atoms with Gasteiger partial charge in [-0.15, -0.1) is 0 Å². The van der Waals surface area contributed by atoms with Crippen molar-refractivity contribution in [2.45, 2.75) is 13.5 Å². The second-order valence-corrected chi connectivity index (χ2v) is 3.84. The predicted octanol–water partition coefficient (Wildman–Crippen LogP) is 2.67. The van der Waals surface area contributed by atoms with Crippen LogP contribution in [0.3, 0.4) is 0 Å². The molecule has 19 heavy (non-hydrogen) atoms. The zero-order valence-corrected chi connectivity index (χ0v) is 10.3. The van der Waals surface area contributed by atoms with Crippen LogP contribution in [0.15, 0.2) is 36.4 Å². The molecule has 1 aromatic heterocycles. The Balaban J connectivity index is 1.91. The van der Waals surface area contributed by atoms with Crippen LogP contribution >= 0.6 is 0 Å². The molecule has 0 radical (unpaired) electrons. The number of hydrogen-bond donors (Lipinski definition) is 1. The van der Waals surface area contributed by atoms with Crippen molar-refractivity contribution >= 4 is 12.0 Å². The van der Waals surface area contributed by atoms with Gasteiger partial charge < -0.3 is 4.74 Å². The molecule has 0 aliphatic heterocycles. The van der Waals surface area contributed by atoms with Gasteiger partial charge in [0.05, 0.1) is 0 Å². The highest BCUT2D eigenvalue weighted by Gasteiger charge is 2.07. The molecule has 1 N–H and O–H groups in total. The van der Waals surface area contributed by atoms with E-state index in [1.165, 1.54) is 6.07 Å². The fraction of sp³-hybridized carbons (Fsp3) is 0.154. The van der Waals surface area contributed by atoms with E-state index in [9.17, 15) is 9.18 Å². The van der Waals surface area contributed by atoms with Crippen LogP contribution < -0.4 is 5.32 Å². The van der Waals surface area contributed by atoms with E-state index in [0.29, 0.717) is 5.69 Å². The van der Waals surface area contributed by atoms with Crippen LogP contribution in [0.5, 0.6) is 0 Å². The number of halogens is 1. The summed E-state index contributed by atoms with van der Waals surface area (Å²) in [6.07, 6.45) is -0.728. The summed E-state index contributed by atoms with van der Waals surface area (Å²) in [7, 11) is 0. The Hall–Kier alpha value is -2.50. The first-order valence-electron chi connectivity index (χ1n) is 5.62. The highest BCUT2D eigenvalue weighted by Crippen LogP contribution is 2.05. The average Bonchev–Trinajstić information content (AvgIpc) is 2.36. The summed E-state index contributed by atoms with van der Waals surface area (Å²) < 4.78 is 17.9. The van der Waals surface area contributed by atoms with E-state index in [0.717, 1.165) is 5.56 Å². The Morgan fingerprint density at radius 3 is 2.74 bits per heavy atom. The zero-order chi connectivity index (χ0) is 13.7. The third-order valence-corrected chi connectivity index (χ3v) is 2.25. The first kappa shape index (κ1) is 12.9. The van der Waals surface area contributed by atoms with E-state index in [2.05, 4.69) is 15.3 Å². The summed E-state index contributed by atoms with van der Waals surface area (Å²) in [6.45, 7) is 1.73. The fourth-order valence-electron chi connectivity index (χ4n) is 1.44. The number of rotatable bonds is 3. The number of hydrogen-bond acceptors (Lipinski definition) is 4. The van der Waals surface area contributed by atoms with Gasteiger partial charge in [0.2, 0.25) is 11.9 Å². The summed E-state index contributed by atoms with van der Waals surface area (Å²) >= 11 is 0. The molecular weight excluding hydrogens is 249 g/mol. The van der Waals surface area contributed by atoms with Gasteiger partial charge >= 0.3 is 6.09 Å². The first-order chi connectivity index (χ1) is 9.13. The molecule has 1 heterocycles. The number of amides is 1. The smallest absolute Gasteiger partial charge is 0.414 e. The van der Waals surface area contributed by atoms with Gasteiger partial charge in [0.25, 0.3) is 0 Å². The Morgan fingerprint density at radius 1 is 1.32 bits per heavy atom. The van der Waals surface area contributed by atoms with E-state index < -0.39 is 12.0 Å². The summed E-state index contributed by atoms with van der Waals surface area (Å²) in [6, 6.07) is 10.4. The number of anilines is 1. The monoisotopic (exact) mass is 261 g/mol. The molecule has 0 aliphatic carbocycles. The lowest BCUT2D eigenvalue weighted by molar-refractivity contribution is 0.155. The van der Waals surface area contributed by atoms with Crippen molar-refractivity contribution in [3.63, 3.8) is 0 Å². The molecule has 0 saturated heterocycles. The molecule has 0 bridgehead atoms. The Morgan fingerprint density at radius 2 is 2.05 bits per heavy atom. The fourth-order valence-corrected chi connectivity index (χ4v) is 1.44. The molecule has 1 amide bonds. The van der Waals surface area contributed by atoms with E-state index >= 15 is 0 Å². The van der Waals surface area contributed by atoms with Gasteiger partial charge in [0.15, 0.2) is 0 Å². The van der Waals surface area contributed by atoms with Gasteiger partial charge in [-0.05, 0) is 12.5 Å². The standard InChI is InChI=1S/C13H12FN3O2/c1-9-7-11(14)16-12(15-9)17-13(18)19-8-10-5-3-2-4-6-10/h2-7H,8H2,1H3,(H,15,16,17,18). The van der Waals surface area contributed by atoms with E-state index in [-0.39, 0.29) is 12.6 Å². The third kappa shape index (κ3) is 4.02. The van der Waals surface area contributed by atoms with Gasteiger partial charge in [-0.25, -0.2) is 9.78 Å². The summed E-state index contributed by atoms with van der Waals surface area (Å²) in [5, 5.41) is 2.27. The van der Waals surface area contributed by atoms with Crippen molar-refractivity contribution in [2.24, 2.45) is 0 Å². The topological polar surface area (TPSA) is 64.1 Å². The number of nitrogens with one attached hydrogen (secondary N) is 1. The Bertz CT molecular complexity index is 555. The van der Waals surface area contributed by atoms with Crippen molar-refractivity contribution < 1.29 is 13.9 Å². The maximum atomic E-state index is 13.0. The van der Waals surface area contributed by atoms with E-state index in [4.69, 9.17) is 4.74 Å². The van der Waals surface area contributed by atoms with Crippen molar-refractivity contribution in [1.82, 2.24) is 9.97 Å². The quantitative estimate of drug-likeness (QED) is 0.863. The zero-order valence-electron chi connectivity index (χ0n) is 10.3. The van der Waals surface area contributed by atoms with E-state index in [1.807, 2.05) is 30.3 Å². The molecule has 6 heteroatoms. The minimum absolute atomic E-state index is 0.115.